The molecule has 2 atom stereocenters. The number of carbonyl (C=O) groups excluding carboxylic acids is 1. The molecule has 9 heteroatoms. The molecule has 0 unspecified atom stereocenters. The normalized spacial score (nSPS) is 17.1. The Morgan fingerprint density at radius 3 is 2.68 bits per heavy atom. The van der Waals surface area contributed by atoms with Gasteiger partial charge in [-0.15, -0.1) is 0 Å². The van der Waals surface area contributed by atoms with Crippen molar-refractivity contribution in [3.05, 3.63) is 81.8 Å². The first-order chi connectivity index (χ1) is 18.5. The molecular weight excluding hydrogens is 518 g/mol. The van der Waals surface area contributed by atoms with E-state index in [-0.39, 0.29) is 11.9 Å². The van der Waals surface area contributed by atoms with Crippen LogP contribution in [0.4, 0.5) is 0 Å². The number of piperazine rings is 1. The Bertz CT molecular complexity index is 1290. The second-order valence-electron chi connectivity index (χ2n) is 9.74. The van der Waals surface area contributed by atoms with Crippen molar-refractivity contribution in [1.29, 1.82) is 0 Å². The number of benzene rings is 3. The molecule has 6 nitrogen and oxygen atoms in total. The van der Waals surface area contributed by atoms with Gasteiger partial charge in [-0.2, -0.15) is 0 Å². The third-order valence-electron chi connectivity index (χ3n) is 7.16. The second kappa shape index (κ2) is 14.0. The van der Waals surface area contributed by atoms with Crippen molar-refractivity contribution in [2.75, 3.05) is 32.7 Å². The van der Waals surface area contributed by atoms with E-state index >= 15 is 0 Å². The van der Waals surface area contributed by atoms with Crippen molar-refractivity contribution < 1.29 is 9.50 Å². The minimum atomic E-state index is -0.733. The molecule has 4 rings (SSSR count). The van der Waals surface area contributed by atoms with Crippen molar-refractivity contribution in [2.45, 2.75) is 37.8 Å². The summed E-state index contributed by atoms with van der Waals surface area (Å²) >= 11 is 12.4. The van der Waals surface area contributed by atoms with Crippen LogP contribution < -0.4 is 5.73 Å². The number of amides is 1. The van der Waals surface area contributed by atoms with Gasteiger partial charge in [0.05, 0.1) is 0 Å². The Hall–Kier alpha value is -2.58. The van der Waals surface area contributed by atoms with Gasteiger partial charge >= 0.3 is 194 Å². The van der Waals surface area contributed by atoms with Gasteiger partial charge in [0.2, 0.25) is 0 Å². The third-order valence-corrected chi connectivity index (χ3v) is 7.75. The van der Waals surface area contributed by atoms with Gasteiger partial charge in [-0.05, 0) is 10.8 Å². The SMILES string of the molecule is NCCC[C@H]1CN(CCc2ccc3ccccc3c2)CCN1C(=O)[C@@H](Cc1ccc(Cl)cc1Cl)/N=C\B=O. The summed E-state index contributed by atoms with van der Waals surface area (Å²) in [4.78, 5) is 22.4. The molecule has 0 aliphatic carbocycles. The number of hydrogen-bond donors (Lipinski definition) is 1. The van der Waals surface area contributed by atoms with Crippen molar-refractivity contribution in [3.63, 3.8) is 0 Å². The molecular formula is C29H33BCl2N4O2. The molecule has 1 amide bonds. The van der Waals surface area contributed by atoms with E-state index in [0.717, 1.165) is 50.6 Å². The molecule has 3 aromatic carbocycles. The molecule has 3 aromatic rings. The number of fused-ring (bicyclic) bond motifs is 1. The summed E-state index contributed by atoms with van der Waals surface area (Å²) in [5.41, 5.74) is 7.91. The van der Waals surface area contributed by atoms with E-state index in [2.05, 4.69) is 52.4 Å². The Balaban J connectivity index is 1.44. The van der Waals surface area contributed by atoms with Crippen LogP contribution in [0.2, 0.25) is 10.0 Å². The molecule has 1 heterocycles. The zero-order valence-corrected chi connectivity index (χ0v) is 23.0. The number of nitrogens with zero attached hydrogens (tertiary/aromatic N) is 3. The van der Waals surface area contributed by atoms with Crippen LogP contribution in [0.1, 0.15) is 24.0 Å². The first-order valence-electron chi connectivity index (χ1n) is 13.1. The van der Waals surface area contributed by atoms with Gasteiger partial charge in [0.15, 0.2) is 0 Å². The van der Waals surface area contributed by atoms with Crippen molar-refractivity contribution >= 4 is 53.1 Å². The van der Waals surface area contributed by atoms with Gasteiger partial charge in [0.1, 0.15) is 0 Å². The quantitative estimate of drug-likeness (QED) is 0.279. The number of aliphatic imine (C=N–C) groups is 1. The number of rotatable bonds is 11. The van der Waals surface area contributed by atoms with Crippen LogP contribution in [-0.2, 0) is 22.3 Å². The fraction of sp³-hybridized carbons (Fsp3) is 0.379. The first-order valence-corrected chi connectivity index (χ1v) is 13.9. The molecule has 198 valence electrons. The van der Waals surface area contributed by atoms with Crippen LogP contribution in [0.15, 0.2) is 65.7 Å². The summed E-state index contributed by atoms with van der Waals surface area (Å²) in [5.74, 6) is -0.0923. The Kier molecular flexibility index (Phi) is 10.5. The van der Waals surface area contributed by atoms with E-state index in [1.165, 1.54) is 16.3 Å². The molecule has 0 spiro atoms. The molecule has 1 saturated heterocycles. The predicted octanol–water partition coefficient (Wildman–Crippen LogP) is 4.63. The van der Waals surface area contributed by atoms with Crippen LogP contribution in [0.5, 0.6) is 0 Å². The summed E-state index contributed by atoms with van der Waals surface area (Å²) in [6.07, 6.45) is 4.05. The number of nitrogens with two attached hydrogens (primary N) is 1. The number of halogens is 2. The van der Waals surface area contributed by atoms with Crippen LogP contribution in [0.25, 0.3) is 10.8 Å². The van der Waals surface area contributed by atoms with Gasteiger partial charge in [0, 0.05) is 0 Å². The zero-order valence-electron chi connectivity index (χ0n) is 21.4. The maximum absolute atomic E-state index is 13.7. The van der Waals surface area contributed by atoms with Gasteiger partial charge in [-0.1, -0.05) is 30.3 Å². The monoisotopic (exact) mass is 550 g/mol. The van der Waals surface area contributed by atoms with Crippen molar-refractivity contribution in [2.24, 2.45) is 10.7 Å². The molecule has 0 saturated carbocycles. The minimum absolute atomic E-state index is 0.0334. The Morgan fingerprint density at radius 1 is 1.11 bits per heavy atom. The Labute approximate surface area is 235 Å². The predicted molar refractivity (Wildman–Crippen MR) is 157 cm³/mol. The molecule has 0 aromatic heterocycles. The van der Waals surface area contributed by atoms with E-state index in [0.29, 0.717) is 36.7 Å². The van der Waals surface area contributed by atoms with E-state index in [9.17, 15) is 9.50 Å². The van der Waals surface area contributed by atoms with E-state index in [4.69, 9.17) is 28.9 Å². The van der Waals surface area contributed by atoms with Gasteiger partial charge in [0.25, 0.3) is 0 Å². The maximum atomic E-state index is 13.7. The molecule has 0 radical (unpaired) electrons. The van der Waals surface area contributed by atoms with Crippen LogP contribution in [0.3, 0.4) is 0 Å². The summed E-state index contributed by atoms with van der Waals surface area (Å²) < 4.78 is 11.0. The standard InChI is InChI=1S/C29H33BCl2N4O2/c31-25-10-9-24(27(32)18-25)17-28(34-20-30-38)29(37)36-15-14-35(19-26(36)6-3-12-33)13-11-21-7-8-22-4-1-2-5-23(22)16-21/h1-2,4-5,7-10,16,18,20,26,28H,3,6,11-15,17,19,33H2/b34-20-/t26-,28+/m0/s1. The van der Waals surface area contributed by atoms with Crippen LogP contribution in [0, 0.1) is 0 Å². The fourth-order valence-corrected chi connectivity index (χ4v) is 5.61. The van der Waals surface area contributed by atoms with Crippen molar-refractivity contribution in [3.8, 4) is 0 Å². The Morgan fingerprint density at radius 2 is 1.92 bits per heavy atom. The van der Waals surface area contributed by atoms with Gasteiger partial charge in [-0.25, -0.2) is 0 Å². The molecule has 2 N–H and O–H groups in total. The van der Waals surface area contributed by atoms with Crippen LogP contribution >= 0.6 is 23.2 Å². The van der Waals surface area contributed by atoms with Crippen LogP contribution in [-0.4, -0.2) is 73.8 Å². The summed E-state index contributed by atoms with van der Waals surface area (Å²) in [5, 5.41) is 3.51. The molecule has 1 aliphatic heterocycles. The topological polar surface area (TPSA) is 79.0 Å². The summed E-state index contributed by atoms with van der Waals surface area (Å²) in [7, 11) is 0.598. The first kappa shape index (κ1) is 28.4. The van der Waals surface area contributed by atoms with E-state index in [1.807, 2.05) is 4.90 Å². The van der Waals surface area contributed by atoms with Gasteiger partial charge in [-0.3, -0.25) is 0 Å². The fourth-order valence-electron chi connectivity index (χ4n) is 5.12. The summed E-state index contributed by atoms with van der Waals surface area (Å²) in [6, 6.07) is 19.5. The van der Waals surface area contributed by atoms with E-state index in [1.54, 1.807) is 18.2 Å². The third kappa shape index (κ3) is 7.51. The van der Waals surface area contributed by atoms with E-state index < -0.39 is 6.04 Å². The molecule has 1 fully saturated rings. The number of hydrogen-bond acceptors (Lipinski definition) is 5. The van der Waals surface area contributed by atoms with Gasteiger partial charge < -0.3 is 0 Å². The second-order valence-corrected chi connectivity index (χ2v) is 10.6. The zero-order chi connectivity index (χ0) is 26.9. The molecule has 0 bridgehead atoms. The number of carbonyl (C=O) groups is 1. The average Bonchev–Trinajstić information content (AvgIpc) is 2.93. The molecule has 1 aliphatic rings. The summed E-state index contributed by atoms with van der Waals surface area (Å²) in [6.45, 7) is 3.66. The average molecular weight is 551 g/mol. The molecule has 38 heavy (non-hydrogen) atoms. The van der Waals surface area contributed by atoms with Crippen molar-refractivity contribution in [1.82, 2.24) is 9.80 Å².